The molecule has 0 atom stereocenters. The molecule has 0 unspecified atom stereocenters. The van der Waals surface area contributed by atoms with E-state index < -0.39 is 0 Å². The first-order valence-electron chi connectivity index (χ1n) is 17.3. The van der Waals surface area contributed by atoms with Crippen molar-refractivity contribution in [2.45, 2.75) is 0 Å². The fourth-order valence-electron chi connectivity index (χ4n) is 8.27. The number of nitrogens with zero attached hydrogens (tertiary/aromatic N) is 5. The molecule has 0 saturated carbocycles. The van der Waals surface area contributed by atoms with Gasteiger partial charge in [-0.2, -0.15) is 0 Å². The molecule has 0 fully saturated rings. The zero-order valence-electron chi connectivity index (χ0n) is 27.5. The van der Waals surface area contributed by atoms with E-state index in [-0.39, 0.29) is 0 Å². The molecule has 5 nitrogen and oxygen atoms in total. The van der Waals surface area contributed by atoms with Gasteiger partial charge in [-0.25, -0.2) is 9.97 Å². The molecule has 51 heavy (non-hydrogen) atoms. The van der Waals surface area contributed by atoms with Crippen molar-refractivity contribution in [3.63, 3.8) is 0 Å². The highest BCUT2D eigenvalue weighted by Crippen LogP contribution is 2.46. The van der Waals surface area contributed by atoms with Crippen LogP contribution >= 0.6 is 0 Å². The van der Waals surface area contributed by atoms with Gasteiger partial charge in [-0.3, -0.25) is 9.13 Å². The van der Waals surface area contributed by atoms with Crippen molar-refractivity contribution in [2.24, 2.45) is 0 Å². The maximum Gasteiger partial charge on any atom is 0.137 e. The van der Waals surface area contributed by atoms with Crippen molar-refractivity contribution in [1.82, 2.24) is 23.7 Å². The highest BCUT2D eigenvalue weighted by molar-refractivity contribution is 6.28. The van der Waals surface area contributed by atoms with Gasteiger partial charge >= 0.3 is 0 Å². The van der Waals surface area contributed by atoms with Gasteiger partial charge in [-0.15, -0.1) is 0 Å². The molecule has 0 radical (unpaired) electrons. The molecular formula is C46H29N5. The summed E-state index contributed by atoms with van der Waals surface area (Å²) in [4.78, 5) is 9.82. The molecule has 0 aliphatic carbocycles. The lowest BCUT2D eigenvalue weighted by atomic mass is 9.95. The summed E-state index contributed by atoms with van der Waals surface area (Å²) in [6, 6.07) is 58.4. The quantitative estimate of drug-likeness (QED) is 0.190. The lowest BCUT2D eigenvalue weighted by Crippen LogP contribution is -2.01. The van der Waals surface area contributed by atoms with Gasteiger partial charge in [0.25, 0.3) is 0 Å². The van der Waals surface area contributed by atoms with Crippen molar-refractivity contribution in [1.29, 1.82) is 0 Å². The average molecular weight is 652 g/mol. The van der Waals surface area contributed by atoms with Crippen LogP contribution in [0.1, 0.15) is 0 Å². The van der Waals surface area contributed by atoms with Crippen LogP contribution in [0.3, 0.4) is 0 Å². The summed E-state index contributed by atoms with van der Waals surface area (Å²) in [7, 11) is 0. The Bertz CT molecular complexity index is 3120. The maximum atomic E-state index is 4.93. The summed E-state index contributed by atoms with van der Waals surface area (Å²) in [6.07, 6.45) is 3.75. The molecule has 238 valence electrons. The fraction of sp³-hybridized carbons (Fsp3) is 0. The van der Waals surface area contributed by atoms with Crippen LogP contribution in [0.2, 0.25) is 0 Å². The monoisotopic (exact) mass is 651 g/mol. The van der Waals surface area contributed by atoms with Crippen molar-refractivity contribution in [2.75, 3.05) is 0 Å². The number of aromatic nitrogens is 5. The first kappa shape index (κ1) is 27.9. The third kappa shape index (κ3) is 3.97. The van der Waals surface area contributed by atoms with E-state index in [0.29, 0.717) is 0 Å². The topological polar surface area (TPSA) is 40.6 Å². The fourth-order valence-corrected chi connectivity index (χ4v) is 8.27. The molecule has 5 heterocycles. The van der Waals surface area contributed by atoms with Crippen LogP contribution in [0.15, 0.2) is 176 Å². The lowest BCUT2D eigenvalue weighted by Gasteiger charge is -2.13. The van der Waals surface area contributed by atoms with Crippen LogP contribution < -0.4 is 0 Å². The van der Waals surface area contributed by atoms with Gasteiger partial charge in [0.15, 0.2) is 0 Å². The standard InChI is InChI=1S/C46H29N5/c1-2-14-31(15-3-1)49-38-19-7-4-16-32(38)36-28-30(24-25-41(36)49)35-29-37-33-17-5-8-20-39(33)50(42-22-10-12-26-47-42)45(37)46-44(35)34-18-6-9-21-40(34)51(46)43-23-11-13-27-48-43/h1-29H. The van der Waals surface area contributed by atoms with Gasteiger partial charge in [-0.05, 0) is 83.9 Å². The summed E-state index contributed by atoms with van der Waals surface area (Å²) in [5.41, 5.74) is 10.3. The molecule has 5 heteroatoms. The van der Waals surface area contributed by atoms with E-state index in [1.807, 2.05) is 24.5 Å². The highest BCUT2D eigenvalue weighted by Gasteiger charge is 2.25. The van der Waals surface area contributed by atoms with Gasteiger partial charge in [0.05, 0.1) is 33.1 Å². The Balaban J connectivity index is 1.34. The smallest absolute Gasteiger partial charge is 0.137 e. The predicted molar refractivity (Wildman–Crippen MR) is 210 cm³/mol. The van der Waals surface area contributed by atoms with Crippen molar-refractivity contribution < 1.29 is 0 Å². The molecule has 11 rings (SSSR count). The maximum absolute atomic E-state index is 4.93. The second-order valence-electron chi connectivity index (χ2n) is 13.0. The predicted octanol–water partition coefficient (Wildman–Crippen LogP) is 11.4. The van der Waals surface area contributed by atoms with Crippen molar-refractivity contribution in [3.05, 3.63) is 176 Å². The number of hydrogen-bond acceptors (Lipinski definition) is 2. The van der Waals surface area contributed by atoms with E-state index in [2.05, 4.69) is 165 Å². The molecule has 0 spiro atoms. The van der Waals surface area contributed by atoms with Gasteiger partial charge in [0, 0.05) is 50.4 Å². The summed E-state index contributed by atoms with van der Waals surface area (Å²) >= 11 is 0. The third-order valence-corrected chi connectivity index (χ3v) is 10.3. The Labute approximate surface area is 292 Å². The Morgan fingerprint density at radius 2 is 0.882 bits per heavy atom. The Hall–Kier alpha value is -6.98. The SMILES string of the molecule is c1ccc(-n2c3ccccc3c3cc(-c4cc5c6ccccc6n(-c6ccccn6)c5c5c4c4ccccc4n5-c4ccccn4)ccc32)cc1. The number of fused-ring (bicyclic) bond motifs is 10. The molecule has 5 aromatic heterocycles. The Kier molecular flexibility index (Phi) is 5.89. The number of hydrogen-bond donors (Lipinski definition) is 0. The molecule has 6 aromatic carbocycles. The molecule has 0 bridgehead atoms. The van der Waals surface area contributed by atoms with Crippen LogP contribution in [0.4, 0.5) is 0 Å². The van der Waals surface area contributed by atoms with Gasteiger partial charge < -0.3 is 4.57 Å². The molecule has 0 saturated heterocycles. The minimum Gasteiger partial charge on any atom is -0.309 e. The van der Waals surface area contributed by atoms with Crippen molar-refractivity contribution >= 4 is 65.4 Å². The van der Waals surface area contributed by atoms with E-state index in [4.69, 9.17) is 9.97 Å². The van der Waals surface area contributed by atoms with Crippen LogP contribution in [-0.2, 0) is 0 Å². The highest BCUT2D eigenvalue weighted by atomic mass is 15.1. The second-order valence-corrected chi connectivity index (χ2v) is 13.0. The van der Waals surface area contributed by atoms with Gasteiger partial charge in [0.1, 0.15) is 11.6 Å². The molecule has 0 aliphatic heterocycles. The summed E-state index contributed by atoms with van der Waals surface area (Å²) in [6.45, 7) is 0. The lowest BCUT2D eigenvalue weighted by molar-refractivity contribution is 1.06. The zero-order chi connectivity index (χ0) is 33.5. The Morgan fingerprint density at radius 3 is 1.55 bits per heavy atom. The average Bonchev–Trinajstić information content (AvgIpc) is 3.84. The minimum absolute atomic E-state index is 0.876. The minimum atomic E-state index is 0.876. The van der Waals surface area contributed by atoms with Crippen LogP contribution in [-0.4, -0.2) is 23.7 Å². The van der Waals surface area contributed by atoms with E-state index in [1.54, 1.807) is 0 Å². The summed E-state index contributed by atoms with van der Waals surface area (Å²) < 4.78 is 7.04. The van der Waals surface area contributed by atoms with E-state index >= 15 is 0 Å². The largest absolute Gasteiger partial charge is 0.309 e. The molecular weight excluding hydrogens is 623 g/mol. The van der Waals surface area contributed by atoms with Crippen molar-refractivity contribution in [3.8, 4) is 28.5 Å². The number of pyridine rings is 2. The second kappa shape index (κ2) is 10.8. The first-order valence-corrected chi connectivity index (χ1v) is 17.3. The van der Waals surface area contributed by atoms with Crippen LogP contribution in [0.5, 0.6) is 0 Å². The van der Waals surface area contributed by atoms with Gasteiger partial charge in [-0.1, -0.05) is 91.0 Å². The third-order valence-electron chi connectivity index (χ3n) is 10.3. The Morgan fingerprint density at radius 1 is 0.353 bits per heavy atom. The van der Waals surface area contributed by atoms with E-state index in [9.17, 15) is 0 Å². The number of rotatable bonds is 4. The van der Waals surface area contributed by atoms with Crippen LogP contribution in [0.25, 0.3) is 93.9 Å². The first-order chi connectivity index (χ1) is 25.3. The molecule has 0 amide bonds. The normalized spacial score (nSPS) is 11.9. The molecule has 0 aliphatic rings. The molecule has 11 aromatic rings. The zero-order valence-corrected chi connectivity index (χ0v) is 27.5. The van der Waals surface area contributed by atoms with E-state index in [1.165, 1.54) is 54.5 Å². The molecule has 0 N–H and O–H groups in total. The number of para-hydroxylation sites is 4. The summed E-state index contributed by atoms with van der Waals surface area (Å²) in [5.74, 6) is 1.76. The number of benzene rings is 6. The van der Waals surface area contributed by atoms with Gasteiger partial charge in [0.2, 0.25) is 0 Å². The van der Waals surface area contributed by atoms with Crippen LogP contribution in [0, 0.1) is 0 Å². The summed E-state index contributed by atoms with van der Waals surface area (Å²) in [5, 5.41) is 7.18. The van der Waals surface area contributed by atoms with E-state index in [0.717, 1.165) is 39.4 Å².